The van der Waals surface area contributed by atoms with Crippen molar-refractivity contribution in [1.82, 2.24) is 0 Å². The van der Waals surface area contributed by atoms with Crippen molar-refractivity contribution in [3.05, 3.63) is 0 Å². The number of unbranched alkanes of at least 4 members (excludes halogenated alkanes) is 14. The van der Waals surface area contributed by atoms with Crippen molar-refractivity contribution in [3.63, 3.8) is 0 Å². The summed E-state index contributed by atoms with van der Waals surface area (Å²) in [5, 5.41) is 0. The van der Waals surface area contributed by atoms with Gasteiger partial charge < -0.3 is 21.5 Å². The lowest BCUT2D eigenvalue weighted by Gasteiger charge is -2.35. The van der Waals surface area contributed by atoms with E-state index in [2.05, 4.69) is 27.7 Å². The fourth-order valence-corrected chi connectivity index (χ4v) is 3.96. The molecule has 154 valence electrons. The molecule has 0 spiro atoms. The fourth-order valence-electron chi connectivity index (χ4n) is 3.96. The SMILES string of the molecule is CCCCCCCCCCCCCCCCC[N+](CC)(CC)CC.[Br-]. The van der Waals surface area contributed by atoms with E-state index in [1.807, 2.05) is 0 Å². The van der Waals surface area contributed by atoms with Gasteiger partial charge in [0.25, 0.3) is 0 Å². The molecule has 0 rings (SSSR count). The molecule has 0 aromatic carbocycles. The van der Waals surface area contributed by atoms with Crippen LogP contribution in [0.1, 0.15) is 124 Å². The van der Waals surface area contributed by atoms with Gasteiger partial charge in [0, 0.05) is 0 Å². The minimum Gasteiger partial charge on any atom is -1.00 e. The van der Waals surface area contributed by atoms with Crippen LogP contribution in [-0.2, 0) is 0 Å². The summed E-state index contributed by atoms with van der Waals surface area (Å²) in [6.45, 7) is 14.7. The first kappa shape index (κ1) is 27.7. The van der Waals surface area contributed by atoms with Crippen LogP contribution in [0.2, 0.25) is 0 Å². The van der Waals surface area contributed by atoms with E-state index in [4.69, 9.17) is 0 Å². The highest BCUT2D eigenvalue weighted by Gasteiger charge is 2.19. The Labute approximate surface area is 171 Å². The van der Waals surface area contributed by atoms with E-state index in [0.717, 1.165) is 0 Å². The molecule has 2 heteroatoms. The maximum Gasteiger partial charge on any atom is 0.0786 e. The molecule has 0 aliphatic rings. The molecular weight excluding hydrogens is 370 g/mol. The Morgan fingerprint density at radius 3 is 0.960 bits per heavy atom. The second-order valence-corrected chi connectivity index (χ2v) is 7.96. The van der Waals surface area contributed by atoms with Gasteiger partial charge in [0.2, 0.25) is 0 Å². The van der Waals surface area contributed by atoms with Gasteiger partial charge in [0.1, 0.15) is 0 Å². The first-order valence-electron chi connectivity index (χ1n) is 11.6. The summed E-state index contributed by atoms with van der Waals surface area (Å²) >= 11 is 0. The molecule has 0 aliphatic carbocycles. The summed E-state index contributed by atoms with van der Waals surface area (Å²) in [5.41, 5.74) is 0. The summed E-state index contributed by atoms with van der Waals surface area (Å²) in [7, 11) is 0. The average Bonchev–Trinajstić information content (AvgIpc) is 2.62. The fraction of sp³-hybridized carbons (Fsp3) is 1.00. The normalized spacial score (nSPS) is 11.5. The van der Waals surface area contributed by atoms with Crippen molar-refractivity contribution in [2.24, 2.45) is 0 Å². The van der Waals surface area contributed by atoms with Crippen molar-refractivity contribution in [2.45, 2.75) is 124 Å². The van der Waals surface area contributed by atoms with E-state index in [-0.39, 0.29) is 17.0 Å². The molecule has 0 bridgehead atoms. The Bertz CT molecular complexity index is 230. The van der Waals surface area contributed by atoms with Crippen LogP contribution in [0.5, 0.6) is 0 Å². The molecule has 0 heterocycles. The Morgan fingerprint density at radius 1 is 0.400 bits per heavy atom. The predicted molar refractivity (Wildman–Crippen MR) is 112 cm³/mol. The zero-order valence-corrected chi connectivity index (χ0v) is 19.8. The standard InChI is InChI=1S/C23H50N.BrH/c1-5-9-10-11-12-13-14-15-16-17-18-19-20-21-22-23-24(6-2,7-3)8-4;/h5-23H2,1-4H3;1H/q+1;/p-1. The summed E-state index contributed by atoms with van der Waals surface area (Å²) in [6, 6.07) is 0. The first-order chi connectivity index (χ1) is 11.7. The number of nitrogens with zero attached hydrogens (tertiary/aromatic N) is 1. The van der Waals surface area contributed by atoms with Crippen molar-refractivity contribution >= 4 is 0 Å². The first-order valence-corrected chi connectivity index (χ1v) is 11.6. The number of hydrogen-bond acceptors (Lipinski definition) is 0. The third kappa shape index (κ3) is 16.3. The van der Waals surface area contributed by atoms with Crippen LogP contribution < -0.4 is 17.0 Å². The summed E-state index contributed by atoms with van der Waals surface area (Å²) in [4.78, 5) is 0. The summed E-state index contributed by atoms with van der Waals surface area (Å²) in [6.07, 6.45) is 22.0. The minimum absolute atomic E-state index is 0. The van der Waals surface area contributed by atoms with Gasteiger partial charge in [-0.15, -0.1) is 0 Å². The molecular formula is C23H50BrN. The molecule has 0 amide bonds. The molecule has 1 nitrogen and oxygen atoms in total. The zero-order chi connectivity index (χ0) is 17.9. The third-order valence-electron chi connectivity index (χ3n) is 6.25. The average molecular weight is 421 g/mol. The van der Waals surface area contributed by atoms with Crippen LogP contribution in [0.25, 0.3) is 0 Å². The van der Waals surface area contributed by atoms with Crippen LogP contribution in [0.15, 0.2) is 0 Å². The summed E-state index contributed by atoms with van der Waals surface area (Å²) in [5.74, 6) is 0. The molecule has 0 unspecified atom stereocenters. The molecule has 0 fully saturated rings. The van der Waals surface area contributed by atoms with Gasteiger partial charge in [-0.3, -0.25) is 0 Å². The smallest absolute Gasteiger partial charge is 0.0786 e. The van der Waals surface area contributed by atoms with E-state index in [9.17, 15) is 0 Å². The quantitative estimate of drug-likeness (QED) is 0.209. The predicted octanol–water partition coefficient (Wildman–Crippen LogP) is 4.74. The van der Waals surface area contributed by atoms with E-state index in [1.54, 1.807) is 0 Å². The molecule has 0 aromatic rings. The van der Waals surface area contributed by atoms with Crippen LogP contribution in [0, 0.1) is 0 Å². The third-order valence-corrected chi connectivity index (χ3v) is 6.25. The Morgan fingerprint density at radius 2 is 0.680 bits per heavy atom. The molecule has 0 N–H and O–H groups in total. The van der Waals surface area contributed by atoms with Gasteiger partial charge in [-0.2, -0.15) is 0 Å². The number of halogens is 1. The lowest BCUT2D eigenvalue weighted by atomic mass is 10.0. The molecule has 0 saturated heterocycles. The Balaban J connectivity index is 0. The van der Waals surface area contributed by atoms with Crippen molar-refractivity contribution in [2.75, 3.05) is 26.2 Å². The maximum absolute atomic E-state index is 2.36. The van der Waals surface area contributed by atoms with Crippen molar-refractivity contribution in [1.29, 1.82) is 0 Å². The van der Waals surface area contributed by atoms with E-state index in [1.165, 1.54) is 127 Å². The number of hydrogen-bond donors (Lipinski definition) is 0. The largest absolute Gasteiger partial charge is 1.00 e. The molecule has 0 radical (unpaired) electrons. The van der Waals surface area contributed by atoms with Crippen LogP contribution in [-0.4, -0.2) is 30.7 Å². The highest BCUT2D eigenvalue weighted by atomic mass is 79.9. The van der Waals surface area contributed by atoms with Gasteiger partial charge in [-0.1, -0.05) is 90.4 Å². The number of quaternary nitrogens is 1. The second-order valence-electron chi connectivity index (χ2n) is 7.96. The van der Waals surface area contributed by atoms with Crippen LogP contribution in [0.4, 0.5) is 0 Å². The van der Waals surface area contributed by atoms with Gasteiger partial charge in [0.05, 0.1) is 26.2 Å². The molecule has 0 atom stereocenters. The van der Waals surface area contributed by atoms with Crippen molar-refractivity contribution < 1.29 is 21.5 Å². The highest BCUT2D eigenvalue weighted by Crippen LogP contribution is 2.14. The van der Waals surface area contributed by atoms with Gasteiger partial charge in [-0.05, 0) is 33.6 Å². The van der Waals surface area contributed by atoms with Crippen molar-refractivity contribution in [3.8, 4) is 0 Å². The number of rotatable bonds is 19. The summed E-state index contributed by atoms with van der Waals surface area (Å²) < 4.78 is 1.33. The van der Waals surface area contributed by atoms with E-state index in [0.29, 0.717) is 0 Å². The second kappa shape index (κ2) is 20.7. The van der Waals surface area contributed by atoms with Gasteiger partial charge >= 0.3 is 0 Å². The topological polar surface area (TPSA) is 0 Å². The molecule has 25 heavy (non-hydrogen) atoms. The maximum atomic E-state index is 2.36. The zero-order valence-electron chi connectivity index (χ0n) is 18.3. The Kier molecular flexibility index (Phi) is 23.0. The van der Waals surface area contributed by atoms with E-state index >= 15 is 0 Å². The highest BCUT2D eigenvalue weighted by molar-refractivity contribution is 4.50. The molecule has 0 aromatic heterocycles. The van der Waals surface area contributed by atoms with E-state index < -0.39 is 0 Å². The minimum atomic E-state index is 0. The van der Waals surface area contributed by atoms with Gasteiger partial charge in [-0.25, -0.2) is 0 Å². The lowest BCUT2D eigenvalue weighted by molar-refractivity contribution is -0.923. The van der Waals surface area contributed by atoms with Crippen LogP contribution in [0.3, 0.4) is 0 Å². The van der Waals surface area contributed by atoms with Gasteiger partial charge in [0.15, 0.2) is 0 Å². The Hall–Kier alpha value is 0.440. The molecule has 0 saturated carbocycles. The van der Waals surface area contributed by atoms with Crippen LogP contribution >= 0.6 is 0 Å². The monoisotopic (exact) mass is 419 g/mol. The lowest BCUT2D eigenvalue weighted by Crippen LogP contribution is -3.00. The molecule has 0 aliphatic heterocycles.